The van der Waals surface area contributed by atoms with Crippen molar-refractivity contribution >= 4 is 17.3 Å². The standard InChI is InChI=1S/C14H14F3N3/c1-3-20(10-6-4-9(15)5-7-10)14-12(17)8-11(16)13(18-2)19-14/h4-8H,3H2,1-2H3,(H,18,19). The van der Waals surface area contributed by atoms with E-state index in [0.717, 1.165) is 6.07 Å². The van der Waals surface area contributed by atoms with Crippen molar-refractivity contribution in [2.24, 2.45) is 0 Å². The van der Waals surface area contributed by atoms with Crippen molar-refractivity contribution in [3.63, 3.8) is 0 Å². The van der Waals surface area contributed by atoms with E-state index in [9.17, 15) is 13.2 Å². The van der Waals surface area contributed by atoms with E-state index in [2.05, 4.69) is 10.3 Å². The number of halogens is 3. The second kappa shape index (κ2) is 5.81. The number of hydrogen-bond acceptors (Lipinski definition) is 3. The van der Waals surface area contributed by atoms with Crippen molar-refractivity contribution < 1.29 is 13.2 Å². The summed E-state index contributed by atoms with van der Waals surface area (Å²) < 4.78 is 40.3. The molecule has 2 aromatic rings. The van der Waals surface area contributed by atoms with E-state index in [0.29, 0.717) is 12.2 Å². The number of rotatable bonds is 4. The van der Waals surface area contributed by atoms with Gasteiger partial charge in [0.1, 0.15) is 5.82 Å². The van der Waals surface area contributed by atoms with Crippen LogP contribution in [0.2, 0.25) is 0 Å². The summed E-state index contributed by atoms with van der Waals surface area (Å²) in [6.45, 7) is 2.21. The smallest absolute Gasteiger partial charge is 0.171 e. The fraction of sp³-hybridized carbons (Fsp3) is 0.214. The van der Waals surface area contributed by atoms with Gasteiger partial charge in [0.15, 0.2) is 23.3 Å². The Kier molecular flexibility index (Phi) is 4.12. The van der Waals surface area contributed by atoms with E-state index in [4.69, 9.17) is 0 Å². The molecule has 6 heteroatoms. The van der Waals surface area contributed by atoms with Gasteiger partial charge in [-0.1, -0.05) is 0 Å². The molecule has 0 aliphatic heterocycles. The quantitative estimate of drug-likeness (QED) is 0.926. The highest BCUT2D eigenvalue weighted by Gasteiger charge is 2.17. The van der Waals surface area contributed by atoms with E-state index in [-0.39, 0.29) is 17.5 Å². The van der Waals surface area contributed by atoms with Gasteiger partial charge in [-0.25, -0.2) is 18.2 Å². The fourth-order valence-corrected chi connectivity index (χ4v) is 1.90. The van der Waals surface area contributed by atoms with Gasteiger partial charge in [-0.05, 0) is 31.2 Å². The second-order valence-electron chi connectivity index (χ2n) is 4.09. The number of aromatic nitrogens is 1. The van der Waals surface area contributed by atoms with Crippen molar-refractivity contribution in [3.05, 3.63) is 47.8 Å². The maximum Gasteiger partial charge on any atom is 0.171 e. The number of nitrogens with zero attached hydrogens (tertiary/aromatic N) is 2. The van der Waals surface area contributed by atoms with Gasteiger partial charge >= 0.3 is 0 Å². The zero-order valence-electron chi connectivity index (χ0n) is 11.1. The van der Waals surface area contributed by atoms with Gasteiger partial charge in [0.25, 0.3) is 0 Å². The first-order valence-corrected chi connectivity index (χ1v) is 6.13. The van der Waals surface area contributed by atoms with Gasteiger partial charge in [0, 0.05) is 25.3 Å². The third-order valence-electron chi connectivity index (χ3n) is 2.86. The molecule has 20 heavy (non-hydrogen) atoms. The molecule has 1 N–H and O–H groups in total. The van der Waals surface area contributed by atoms with Crippen LogP contribution in [0.25, 0.3) is 0 Å². The van der Waals surface area contributed by atoms with Crippen LogP contribution in [0.3, 0.4) is 0 Å². The third-order valence-corrected chi connectivity index (χ3v) is 2.86. The molecule has 0 radical (unpaired) electrons. The van der Waals surface area contributed by atoms with Crippen LogP contribution in [0.15, 0.2) is 30.3 Å². The molecule has 1 heterocycles. The molecule has 0 spiro atoms. The first-order chi connectivity index (χ1) is 9.56. The number of anilines is 3. The van der Waals surface area contributed by atoms with Crippen LogP contribution in [0.4, 0.5) is 30.5 Å². The highest BCUT2D eigenvalue weighted by atomic mass is 19.1. The summed E-state index contributed by atoms with van der Waals surface area (Å²) in [7, 11) is 1.50. The highest BCUT2D eigenvalue weighted by molar-refractivity contribution is 5.62. The maximum absolute atomic E-state index is 13.9. The Morgan fingerprint density at radius 2 is 1.75 bits per heavy atom. The average Bonchev–Trinajstić information content (AvgIpc) is 2.43. The Morgan fingerprint density at radius 1 is 1.10 bits per heavy atom. The number of pyridine rings is 1. The maximum atomic E-state index is 13.9. The lowest BCUT2D eigenvalue weighted by molar-refractivity contribution is 0.575. The van der Waals surface area contributed by atoms with E-state index in [1.807, 2.05) is 0 Å². The second-order valence-corrected chi connectivity index (χ2v) is 4.09. The minimum Gasteiger partial charge on any atom is -0.371 e. The molecule has 0 unspecified atom stereocenters. The molecule has 1 aromatic heterocycles. The Morgan fingerprint density at radius 3 is 2.30 bits per heavy atom. The molecular formula is C14H14F3N3. The topological polar surface area (TPSA) is 28.2 Å². The zero-order valence-corrected chi connectivity index (χ0v) is 11.1. The van der Waals surface area contributed by atoms with E-state index < -0.39 is 11.6 Å². The van der Waals surface area contributed by atoms with E-state index in [1.165, 1.54) is 36.2 Å². The van der Waals surface area contributed by atoms with Gasteiger partial charge in [-0.3, -0.25) is 0 Å². The molecule has 0 bridgehead atoms. The number of benzene rings is 1. The summed E-state index contributed by atoms with van der Waals surface area (Å²) in [4.78, 5) is 5.47. The summed E-state index contributed by atoms with van der Waals surface area (Å²) in [5.41, 5.74) is 0.578. The van der Waals surface area contributed by atoms with Crippen LogP contribution in [0.5, 0.6) is 0 Å². The highest BCUT2D eigenvalue weighted by Crippen LogP contribution is 2.28. The molecular weight excluding hydrogens is 267 g/mol. The summed E-state index contributed by atoms with van der Waals surface area (Å²) >= 11 is 0. The van der Waals surface area contributed by atoms with Crippen molar-refractivity contribution in [1.29, 1.82) is 0 Å². The Balaban J connectivity index is 2.48. The molecule has 0 aliphatic carbocycles. The molecule has 0 saturated heterocycles. The lowest BCUT2D eigenvalue weighted by Gasteiger charge is -2.23. The SMILES string of the molecule is CCN(c1ccc(F)cc1)c1nc(NC)c(F)cc1F. The summed E-state index contributed by atoms with van der Waals surface area (Å²) in [6, 6.07) is 6.36. The van der Waals surface area contributed by atoms with Gasteiger partial charge in [0.2, 0.25) is 0 Å². The molecule has 3 nitrogen and oxygen atoms in total. The van der Waals surface area contributed by atoms with Crippen molar-refractivity contribution in [3.8, 4) is 0 Å². The predicted octanol–water partition coefficient (Wildman–Crippen LogP) is 3.70. The molecule has 0 atom stereocenters. The molecule has 0 saturated carbocycles. The predicted molar refractivity (Wildman–Crippen MR) is 72.8 cm³/mol. The van der Waals surface area contributed by atoms with Crippen LogP contribution < -0.4 is 10.2 Å². The van der Waals surface area contributed by atoms with Gasteiger partial charge < -0.3 is 10.2 Å². The largest absolute Gasteiger partial charge is 0.371 e. The molecule has 0 fully saturated rings. The van der Waals surface area contributed by atoms with Crippen LogP contribution in [-0.2, 0) is 0 Å². The zero-order chi connectivity index (χ0) is 14.7. The first kappa shape index (κ1) is 14.2. The molecule has 0 amide bonds. The molecule has 2 rings (SSSR count). The van der Waals surface area contributed by atoms with E-state index >= 15 is 0 Å². The molecule has 1 aromatic carbocycles. The van der Waals surface area contributed by atoms with Crippen LogP contribution in [0, 0.1) is 17.5 Å². The first-order valence-electron chi connectivity index (χ1n) is 6.13. The number of hydrogen-bond donors (Lipinski definition) is 1. The van der Waals surface area contributed by atoms with Gasteiger partial charge in [-0.2, -0.15) is 0 Å². The Bertz CT molecular complexity index is 599. The summed E-state index contributed by atoms with van der Waals surface area (Å²) in [5.74, 6) is -1.96. The van der Waals surface area contributed by atoms with Gasteiger partial charge in [0.05, 0.1) is 0 Å². The number of nitrogens with one attached hydrogen (secondary N) is 1. The van der Waals surface area contributed by atoms with Crippen molar-refractivity contribution in [1.82, 2.24) is 4.98 Å². The van der Waals surface area contributed by atoms with Crippen LogP contribution >= 0.6 is 0 Å². The minimum atomic E-state index is -0.771. The fourth-order valence-electron chi connectivity index (χ4n) is 1.90. The average molecular weight is 281 g/mol. The van der Waals surface area contributed by atoms with Crippen molar-refractivity contribution in [2.45, 2.75) is 6.92 Å². The van der Waals surface area contributed by atoms with Gasteiger partial charge in [-0.15, -0.1) is 0 Å². The summed E-state index contributed by atoms with van der Waals surface area (Å²) in [6.07, 6.45) is 0. The minimum absolute atomic E-state index is 0.00939. The van der Waals surface area contributed by atoms with E-state index in [1.54, 1.807) is 6.92 Å². The van der Waals surface area contributed by atoms with Crippen LogP contribution in [0.1, 0.15) is 6.92 Å². The summed E-state index contributed by atoms with van der Waals surface area (Å²) in [5, 5.41) is 2.56. The van der Waals surface area contributed by atoms with Crippen molar-refractivity contribution in [2.75, 3.05) is 23.8 Å². The normalized spacial score (nSPS) is 10.4. The lowest BCUT2D eigenvalue weighted by Crippen LogP contribution is -2.19. The lowest BCUT2D eigenvalue weighted by atomic mass is 10.2. The Hall–Kier alpha value is -2.24. The molecule has 106 valence electrons. The Labute approximate surface area is 115 Å². The monoisotopic (exact) mass is 281 g/mol. The molecule has 0 aliphatic rings. The third kappa shape index (κ3) is 2.68. The van der Waals surface area contributed by atoms with Crippen LogP contribution in [-0.4, -0.2) is 18.6 Å².